The van der Waals surface area contributed by atoms with Crippen LogP contribution >= 0.6 is 15.9 Å². The second kappa shape index (κ2) is 5.47. The first kappa shape index (κ1) is 13.9. The first-order valence-electron chi connectivity index (χ1n) is 7.64. The number of fused-ring (bicyclic) bond motifs is 3. The number of nitrogens with one attached hydrogen (secondary N) is 1. The van der Waals surface area contributed by atoms with Gasteiger partial charge in [-0.1, -0.05) is 58.4 Å². The fourth-order valence-electron chi connectivity index (χ4n) is 3.80. The van der Waals surface area contributed by atoms with Gasteiger partial charge < -0.3 is 10.1 Å². The van der Waals surface area contributed by atoms with Crippen molar-refractivity contribution in [2.24, 2.45) is 5.92 Å². The van der Waals surface area contributed by atoms with Crippen LogP contribution in [0.4, 0.5) is 5.69 Å². The third-order valence-electron chi connectivity index (χ3n) is 4.82. The van der Waals surface area contributed by atoms with Gasteiger partial charge in [-0.15, -0.1) is 0 Å². The number of para-hydroxylation sites is 1. The van der Waals surface area contributed by atoms with Crippen LogP contribution in [0.5, 0.6) is 5.75 Å². The molecule has 4 rings (SSSR count). The minimum absolute atomic E-state index is 0.291. The summed E-state index contributed by atoms with van der Waals surface area (Å²) in [7, 11) is 1.74. The number of anilines is 1. The molecule has 0 amide bonds. The van der Waals surface area contributed by atoms with Gasteiger partial charge in [0.15, 0.2) is 0 Å². The van der Waals surface area contributed by atoms with Gasteiger partial charge in [-0.05, 0) is 35.6 Å². The predicted octanol–water partition coefficient (Wildman–Crippen LogP) is 5.28. The highest BCUT2D eigenvalue weighted by atomic mass is 79.9. The number of methoxy groups -OCH3 is 1. The standard InChI is InChI=1S/C19H18BrNO/c1-22-17-11-5-9-14-12-7-4-8-13(12)18(21-19(14)17)15-6-2-3-10-16(15)20/h2-7,9-13,18,21H,8H2,1H3/t12-,13+,18+/m1/s1. The van der Waals surface area contributed by atoms with E-state index in [4.69, 9.17) is 4.74 Å². The highest BCUT2D eigenvalue weighted by Crippen LogP contribution is 2.52. The van der Waals surface area contributed by atoms with E-state index in [0.717, 1.165) is 22.3 Å². The highest BCUT2D eigenvalue weighted by Gasteiger charge is 2.39. The fraction of sp³-hybridized carbons (Fsp3) is 0.263. The summed E-state index contributed by atoms with van der Waals surface area (Å²) in [5.74, 6) is 1.94. The van der Waals surface area contributed by atoms with Gasteiger partial charge in [0.05, 0.1) is 18.8 Å². The Morgan fingerprint density at radius 3 is 2.73 bits per heavy atom. The average Bonchev–Trinajstić information content (AvgIpc) is 3.04. The second-order valence-corrected chi connectivity index (χ2v) is 6.78. The molecule has 1 heterocycles. The van der Waals surface area contributed by atoms with Crippen molar-refractivity contribution in [2.45, 2.75) is 18.4 Å². The van der Waals surface area contributed by atoms with Crippen LogP contribution < -0.4 is 10.1 Å². The summed E-state index contributed by atoms with van der Waals surface area (Å²) in [4.78, 5) is 0. The van der Waals surface area contributed by atoms with Crippen molar-refractivity contribution in [2.75, 3.05) is 12.4 Å². The van der Waals surface area contributed by atoms with E-state index in [0.29, 0.717) is 17.9 Å². The van der Waals surface area contributed by atoms with Crippen molar-refractivity contribution in [3.63, 3.8) is 0 Å². The predicted molar refractivity (Wildman–Crippen MR) is 93.5 cm³/mol. The molecule has 0 saturated heterocycles. The first-order chi connectivity index (χ1) is 10.8. The summed E-state index contributed by atoms with van der Waals surface area (Å²) in [6, 6.07) is 15.1. The minimum Gasteiger partial charge on any atom is -0.495 e. The smallest absolute Gasteiger partial charge is 0.142 e. The van der Waals surface area contributed by atoms with Crippen molar-refractivity contribution >= 4 is 21.6 Å². The lowest BCUT2D eigenvalue weighted by atomic mass is 9.77. The number of allylic oxidation sites excluding steroid dienone is 2. The van der Waals surface area contributed by atoms with Gasteiger partial charge in [0.1, 0.15) is 5.75 Å². The van der Waals surface area contributed by atoms with Crippen molar-refractivity contribution in [3.05, 3.63) is 70.2 Å². The number of hydrogen-bond donors (Lipinski definition) is 1. The SMILES string of the molecule is COc1cccc2c1N[C@H](c1ccccc1Br)[C@H]1CC=C[C@@H]21. The topological polar surface area (TPSA) is 21.3 Å². The lowest BCUT2D eigenvalue weighted by Gasteiger charge is -2.38. The molecule has 0 unspecified atom stereocenters. The molecule has 1 aliphatic carbocycles. The molecule has 112 valence electrons. The molecule has 0 radical (unpaired) electrons. The quantitative estimate of drug-likeness (QED) is 0.739. The molecule has 0 bridgehead atoms. The summed E-state index contributed by atoms with van der Waals surface area (Å²) in [6.07, 6.45) is 5.78. The van der Waals surface area contributed by atoms with Crippen LogP contribution in [-0.2, 0) is 0 Å². The van der Waals surface area contributed by atoms with E-state index in [9.17, 15) is 0 Å². The van der Waals surface area contributed by atoms with Crippen LogP contribution in [0.2, 0.25) is 0 Å². The number of hydrogen-bond acceptors (Lipinski definition) is 2. The monoisotopic (exact) mass is 355 g/mol. The van der Waals surface area contributed by atoms with Crippen LogP contribution in [0, 0.1) is 5.92 Å². The first-order valence-corrected chi connectivity index (χ1v) is 8.43. The number of halogens is 1. The fourth-order valence-corrected chi connectivity index (χ4v) is 4.33. The Balaban J connectivity index is 1.85. The molecule has 0 saturated carbocycles. The molecule has 0 spiro atoms. The van der Waals surface area contributed by atoms with Crippen molar-refractivity contribution < 1.29 is 4.74 Å². The van der Waals surface area contributed by atoms with E-state index in [1.165, 1.54) is 11.1 Å². The average molecular weight is 356 g/mol. The van der Waals surface area contributed by atoms with E-state index in [1.807, 2.05) is 6.07 Å². The third-order valence-corrected chi connectivity index (χ3v) is 5.54. The van der Waals surface area contributed by atoms with Crippen molar-refractivity contribution in [1.29, 1.82) is 0 Å². The Hall–Kier alpha value is -1.74. The molecule has 3 atom stereocenters. The molecule has 0 aromatic heterocycles. The Morgan fingerprint density at radius 1 is 1.09 bits per heavy atom. The summed E-state index contributed by atoms with van der Waals surface area (Å²) in [5.41, 5.74) is 3.80. The molecule has 0 fully saturated rings. The molecular formula is C19H18BrNO. The van der Waals surface area contributed by atoms with Crippen molar-refractivity contribution in [1.82, 2.24) is 0 Å². The Kier molecular flexibility index (Phi) is 3.45. The molecule has 22 heavy (non-hydrogen) atoms. The summed E-state index contributed by atoms with van der Waals surface area (Å²) in [5, 5.41) is 3.75. The Bertz CT molecular complexity index is 740. The lowest BCUT2D eigenvalue weighted by Crippen LogP contribution is -2.29. The van der Waals surface area contributed by atoms with Gasteiger partial charge in [0, 0.05) is 10.4 Å². The second-order valence-electron chi connectivity index (χ2n) is 5.92. The Morgan fingerprint density at radius 2 is 1.91 bits per heavy atom. The van der Waals surface area contributed by atoms with Gasteiger partial charge in [-0.25, -0.2) is 0 Å². The third kappa shape index (κ3) is 2.07. The van der Waals surface area contributed by atoms with E-state index < -0.39 is 0 Å². The maximum absolute atomic E-state index is 5.58. The Labute approximate surface area is 139 Å². The maximum Gasteiger partial charge on any atom is 0.142 e. The van der Waals surface area contributed by atoms with Crippen molar-refractivity contribution in [3.8, 4) is 5.75 Å². The molecule has 2 aromatic carbocycles. The number of benzene rings is 2. The molecule has 2 nitrogen and oxygen atoms in total. The van der Waals surface area contributed by atoms with Crippen LogP contribution in [0.15, 0.2) is 59.1 Å². The van der Waals surface area contributed by atoms with E-state index in [2.05, 4.69) is 69.8 Å². The molecule has 2 aromatic rings. The number of rotatable bonds is 2. The lowest BCUT2D eigenvalue weighted by molar-refractivity contribution is 0.397. The zero-order valence-corrected chi connectivity index (χ0v) is 14.0. The number of ether oxygens (including phenoxy) is 1. The molecule has 1 aliphatic heterocycles. The molecule has 2 aliphatic rings. The normalized spacial score (nSPS) is 25.3. The zero-order chi connectivity index (χ0) is 15.1. The van der Waals surface area contributed by atoms with Crippen LogP contribution in [0.1, 0.15) is 29.5 Å². The van der Waals surface area contributed by atoms with Gasteiger partial charge in [-0.2, -0.15) is 0 Å². The summed E-state index contributed by atoms with van der Waals surface area (Å²) in [6.45, 7) is 0. The van der Waals surface area contributed by atoms with Crippen LogP contribution in [0.3, 0.4) is 0 Å². The molecular weight excluding hydrogens is 338 g/mol. The summed E-state index contributed by atoms with van der Waals surface area (Å²) >= 11 is 3.71. The van der Waals surface area contributed by atoms with Gasteiger partial charge >= 0.3 is 0 Å². The summed E-state index contributed by atoms with van der Waals surface area (Å²) < 4.78 is 6.74. The van der Waals surface area contributed by atoms with Crippen LogP contribution in [0.25, 0.3) is 0 Å². The van der Waals surface area contributed by atoms with E-state index >= 15 is 0 Å². The van der Waals surface area contributed by atoms with Gasteiger partial charge in [0.2, 0.25) is 0 Å². The van der Waals surface area contributed by atoms with E-state index in [-0.39, 0.29) is 0 Å². The van der Waals surface area contributed by atoms with Crippen LogP contribution in [-0.4, -0.2) is 7.11 Å². The minimum atomic E-state index is 0.291. The molecule has 3 heteroatoms. The molecule has 1 N–H and O–H groups in total. The van der Waals surface area contributed by atoms with Gasteiger partial charge in [0.25, 0.3) is 0 Å². The highest BCUT2D eigenvalue weighted by molar-refractivity contribution is 9.10. The maximum atomic E-state index is 5.58. The zero-order valence-electron chi connectivity index (χ0n) is 12.4. The largest absolute Gasteiger partial charge is 0.495 e. The van der Waals surface area contributed by atoms with Gasteiger partial charge in [-0.3, -0.25) is 0 Å². The van der Waals surface area contributed by atoms with E-state index in [1.54, 1.807) is 7.11 Å².